The third-order valence-electron chi connectivity index (χ3n) is 4.40. The van der Waals surface area contributed by atoms with Gasteiger partial charge in [-0.15, -0.1) is 0 Å². The second-order valence-corrected chi connectivity index (χ2v) is 6.72. The molecule has 0 aliphatic heterocycles. The van der Waals surface area contributed by atoms with Gasteiger partial charge < -0.3 is 20.1 Å². The van der Waals surface area contributed by atoms with Crippen LogP contribution in [0.15, 0.2) is 48.7 Å². The molecular formula is C20H23ClN2O2. The van der Waals surface area contributed by atoms with E-state index < -0.39 is 6.10 Å². The number of fused-ring (bicyclic) bond motifs is 1. The zero-order valence-electron chi connectivity index (χ0n) is 14.4. The highest BCUT2D eigenvalue weighted by atomic mass is 35.5. The van der Waals surface area contributed by atoms with Crippen molar-refractivity contribution in [3.63, 3.8) is 0 Å². The highest BCUT2D eigenvalue weighted by Crippen LogP contribution is 2.27. The molecule has 2 atom stereocenters. The molecule has 25 heavy (non-hydrogen) atoms. The SMILES string of the molecule is COc1cccc2c(C[C@@H](C)NC[C@H](O)c3cccc(Cl)c3)c[nH]c12. The molecule has 0 amide bonds. The number of rotatable bonds is 7. The molecule has 3 N–H and O–H groups in total. The molecule has 0 fully saturated rings. The van der Waals surface area contributed by atoms with Crippen molar-refractivity contribution >= 4 is 22.5 Å². The molecule has 0 radical (unpaired) electrons. The minimum absolute atomic E-state index is 0.221. The zero-order valence-corrected chi connectivity index (χ0v) is 15.2. The van der Waals surface area contributed by atoms with E-state index in [1.807, 2.05) is 30.5 Å². The second kappa shape index (κ2) is 7.91. The van der Waals surface area contributed by atoms with Crippen molar-refractivity contribution in [2.24, 2.45) is 0 Å². The van der Waals surface area contributed by atoms with E-state index in [1.54, 1.807) is 19.2 Å². The van der Waals surface area contributed by atoms with Gasteiger partial charge in [-0.3, -0.25) is 0 Å². The van der Waals surface area contributed by atoms with Crippen LogP contribution in [0, 0.1) is 0 Å². The number of aromatic amines is 1. The first-order valence-electron chi connectivity index (χ1n) is 8.38. The van der Waals surface area contributed by atoms with Crippen molar-refractivity contribution in [2.45, 2.75) is 25.5 Å². The number of para-hydroxylation sites is 1. The summed E-state index contributed by atoms with van der Waals surface area (Å²) in [6.07, 6.45) is 2.30. The minimum atomic E-state index is -0.579. The zero-order chi connectivity index (χ0) is 17.8. The third-order valence-corrected chi connectivity index (χ3v) is 4.64. The summed E-state index contributed by atoms with van der Waals surface area (Å²) in [4.78, 5) is 3.29. The van der Waals surface area contributed by atoms with Crippen molar-refractivity contribution in [3.8, 4) is 5.75 Å². The van der Waals surface area contributed by atoms with Crippen molar-refractivity contribution in [1.29, 1.82) is 0 Å². The first-order valence-corrected chi connectivity index (χ1v) is 8.76. The van der Waals surface area contributed by atoms with Crippen LogP contribution in [0.3, 0.4) is 0 Å². The Morgan fingerprint density at radius 1 is 1.24 bits per heavy atom. The summed E-state index contributed by atoms with van der Waals surface area (Å²) in [5.74, 6) is 0.848. The van der Waals surface area contributed by atoms with Crippen LogP contribution < -0.4 is 10.1 Å². The largest absolute Gasteiger partial charge is 0.495 e. The lowest BCUT2D eigenvalue weighted by molar-refractivity contribution is 0.170. The molecule has 0 aliphatic carbocycles. The van der Waals surface area contributed by atoms with E-state index in [0.717, 1.165) is 23.3 Å². The van der Waals surface area contributed by atoms with Crippen molar-refractivity contribution < 1.29 is 9.84 Å². The molecule has 1 heterocycles. The van der Waals surface area contributed by atoms with Gasteiger partial charge in [0, 0.05) is 29.2 Å². The lowest BCUT2D eigenvalue weighted by Gasteiger charge is -2.17. The summed E-state index contributed by atoms with van der Waals surface area (Å²) in [7, 11) is 1.68. The number of aromatic nitrogens is 1. The Hall–Kier alpha value is -2.01. The van der Waals surface area contributed by atoms with Crippen molar-refractivity contribution in [2.75, 3.05) is 13.7 Å². The molecule has 3 rings (SSSR count). The van der Waals surface area contributed by atoms with Crippen LogP contribution in [0.25, 0.3) is 10.9 Å². The first-order chi connectivity index (χ1) is 12.1. The Labute approximate surface area is 152 Å². The number of aliphatic hydroxyl groups excluding tert-OH is 1. The monoisotopic (exact) mass is 358 g/mol. The standard InChI is InChI=1S/C20H23ClN2O2/c1-13(22-12-18(24)14-5-3-6-16(21)10-14)9-15-11-23-20-17(15)7-4-8-19(20)25-2/h3-8,10-11,13,18,22-24H,9,12H2,1-2H3/t13-,18+/m1/s1. The fourth-order valence-corrected chi connectivity index (χ4v) is 3.27. The molecule has 3 aromatic rings. The molecule has 5 heteroatoms. The molecule has 1 aromatic heterocycles. The van der Waals surface area contributed by atoms with Gasteiger partial charge in [0.1, 0.15) is 5.75 Å². The Morgan fingerprint density at radius 3 is 2.80 bits per heavy atom. The highest BCUT2D eigenvalue weighted by molar-refractivity contribution is 6.30. The summed E-state index contributed by atoms with van der Waals surface area (Å²) in [5.41, 5.74) is 3.07. The number of aliphatic hydroxyl groups is 1. The van der Waals surface area contributed by atoms with Crippen LogP contribution in [0.4, 0.5) is 0 Å². The minimum Gasteiger partial charge on any atom is -0.495 e. The fraction of sp³-hybridized carbons (Fsp3) is 0.300. The van der Waals surface area contributed by atoms with E-state index in [2.05, 4.69) is 23.3 Å². The van der Waals surface area contributed by atoms with Gasteiger partial charge in [0.15, 0.2) is 0 Å². The van der Waals surface area contributed by atoms with Gasteiger partial charge >= 0.3 is 0 Å². The lowest BCUT2D eigenvalue weighted by atomic mass is 10.0. The maximum Gasteiger partial charge on any atom is 0.142 e. The number of halogens is 1. The van der Waals surface area contributed by atoms with Crippen LogP contribution in [0.5, 0.6) is 5.75 Å². The number of methoxy groups -OCH3 is 1. The van der Waals surface area contributed by atoms with E-state index >= 15 is 0 Å². The van der Waals surface area contributed by atoms with Crippen LogP contribution in [-0.2, 0) is 6.42 Å². The quantitative estimate of drug-likeness (QED) is 0.596. The van der Waals surface area contributed by atoms with Crippen molar-refractivity contribution in [3.05, 3.63) is 64.8 Å². The second-order valence-electron chi connectivity index (χ2n) is 6.28. The van der Waals surface area contributed by atoms with Gasteiger partial charge in [0.25, 0.3) is 0 Å². The topological polar surface area (TPSA) is 57.3 Å². The molecule has 0 unspecified atom stereocenters. The fourth-order valence-electron chi connectivity index (χ4n) is 3.07. The molecule has 0 spiro atoms. The molecule has 4 nitrogen and oxygen atoms in total. The summed E-state index contributed by atoms with van der Waals surface area (Å²) in [6.45, 7) is 2.59. The summed E-state index contributed by atoms with van der Waals surface area (Å²) in [6, 6.07) is 13.6. The molecule has 0 saturated carbocycles. The number of ether oxygens (including phenoxy) is 1. The summed E-state index contributed by atoms with van der Waals surface area (Å²) < 4.78 is 5.39. The Kier molecular flexibility index (Phi) is 5.63. The highest BCUT2D eigenvalue weighted by Gasteiger charge is 2.13. The molecular weight excluding hydrogens is 336 g/mol. The van der Waals surface area contributed by atoms with E-state index in [0.29, 0.717) is 11.6 Å². The average molecular weight is 359 g/mol. The van der Waals surface area contributed by atoms with E-state index in [1.165, 1.54) is 10.9 Å². The average Bonchev–Trinajstić information content (AvgIpc) is 3.02. The maximum absolute atomic E-state index is 10.3. The Morgan fingerprint density at radius 2 is 2.04 bits per heavy atom. The number of benzene rings is 2. The molecule has 0 bridgehead atoms. The van der Waals surface area contributed by atoms with Crippen molar-refractivity contribution in [1.82, 2.24) is 10.3 Å². The third kappa shape index (κ3) is 4.15. The Bertz CT molecular complexity index is 847. The smallest absolute Gasteiger partial charge is 0.142 e. The molecule has 2 aromatic carbocycles. The molecule has 0 aliphatic rings. The first kappa shape index (κ1) is 17.8. The summed E-state index contributed by atoms with van der Waals surface area (Å²) in [5, 5.41) is 15.5. The van der Waals surface area contributed by atoms with Gasteiger partial charge in [-0.25, -0.2) is 0 Å². The van der Waals surface area contributed by atoms with E-state index in [9.17, 15) is 5.11 Å². The predicted molar refractivity (Wildman–Crippen MR) is 102 cm³/mol. The van der Waals surface area contributed by atoms with Gasteiger partial charge in [0.2, 0.25) is 0 Å². The number of H-pyrrole nitrogens is 1. The Balaban J connectivity index is 1.62. The van der Waals surface area contributed by atoms with Crippen LogP contribution in [0.1, 0.15) is 24.2 Å². The number of hydrogen-bond acceptors (Lipinski definition) is 3. The number of hydrogen-bond donors (Lipinski definition) is 3. The summed E-state index contributed by atoms with van der Waals surface area (Å²) >= 11 is 5.98. The lowest BCUT2D eigenvalue weighted by Crippen LogP contribution is -2.32. The van der Waals surface area contributed by atoms with Crippen LogP contribution in [0.2, 0.25) is 5.02 Å². The van der Waals surface area contributed by atoms with Crippen LogP contribution >= 0.6 is 11.6 Å². The van der Waals surface area contributed by atoms with Gasteiger partial charge in [-0.1, -0.05) is 35.9 Å². The predicted octanol–water partition coefficient (Wildman–Crippen LogP) is 4.08. The van der Waals surface area contributed by atoms with E-state index in [-0.39, 0.29) is 6.04 Å². The van der Waals surface area contributed by atoms with Gasteiger partial charge in [-0.2, -0.15) is 0 Å². The number of nitrogens with one attached hydrogen (secondary N) is 2. The van der Waals surface area contributed by atoms with Gasteiger partial charge in [0.05, 0.1) is 18.7 Å². The van der Waals surface area contributed by atoms with Gasteiger partial charge in [-0.05, 0) is 42.7 Å². The maximum atomic E-state index is 10.3. The molecule has 0 saturated heterocycles. The van der Waals surface area contributed by atoms with Crippen LogP contribution in [-0.4, -0.2) is 29.8 Å². The normalized spacial score (nSPS) is 13.8. The van der Waals surface area contributed by atoms with E-state index in [4.69, 9.17) is 16.3 Å². The molecule has 132 valence electrons.